The summed E-state index contributed by atoms with van der Waals surface area (Å²) >= 11 is 1.43. The van der Waals surface area contributed by atoms with E-state index in [1.165, 1.54) is 17.6 Å². The number of amides is 2. The molecule has 10 heteroatoms. The van der Waals surface area contributed by atoms with E-state index in [-0.39, 0.29) is 17.6 Å². The van der Waals surface area contributed by atoms with Gasteiger partial charge >= 0.3 is 6.03 Å². The number of anilines is 2. The fraction of sp³-hybridized carbons (Fsp3) is 0.182. The predicted molar refractivity (Wildman–Crippen MR) is 119 cm³/mol. The number of thiazole rings is 1. The zero-order valence-corrected chi connectivity index (χ0v) is 17.7. The second-order valence-corrected chi connectivity index (χ2v) is 8.09. The number of carbonyl (C=O) groups excluding carboxylic acids is 1. The number of carbonyl (C=O) groups is 1. The molecule has 2 amide bonds. The maximum Gasteiger partial charge on any atom is 0.323 e. The van der Waals surface area contributed by atoms with Gasteiger partial charge < -0.3 is 18.6 Å². The zero-order chi connectivity index (χ0) is 21.9. The predicted octanol–water partition coefficient (Wildman–Crippen LogP) is 4.28. The molecule has 0 aliphatic carbocycles. The van der Waals surface area contributed by atoms with Crippen molar-refractivity contribution in [2.24, 2.45) is 0 Å². The van der Waals surface area contributed by atoms with Gasteiger partial charge in [0.05, 0.1) is 11.1 Å². The lowest BCUT2D eigenvalue weighted by Crippen LogP contribution is -2.50. The number of benzene rings is 1. The van der Waals surface area contributed by atoms with Crippen LogP contribution in [0.4, 0.5) is 15.8 Å². The van der Waals surface area contributed by atoms with E-state index in [0.717, 1.165) is 10.4 Å². The van der Waals surface area contributed by atoms with Gasteiger partial charge in [0.25, 0.3) is 5.89 Å². The molecule has 160 valence electrons. The van der Waals surface area contributed by atoms with Gasteiger partial charge in [0.2, 0.25) is 11.6 Å². The van der Waals surface area contributed by atoms with Crippen LogP contribution >= 0.6 is 11.3 Å². The first-order valence-corrected chi connectivity index (χ1v) is 10.8. The highest BCUT2D eigenvalue weighted by Gasteiger charge is 2.27. The van der Waals surface area contributed by atoms with Gasteiger partial charge in [-0.2, -0.15) is 10.2 Å². The van der Waals surface area contributed by atoms with Crippen LogP contribution in [0.15, 0.2) is 63.8 Å². The van der Waals surface area contributed by atoms with Crippen LogP contribution in [0.3, 0.4) is 0 Å². The van der Waals surface area contributed by atoms with Crippen LogP contribution in [0.2, 0.25) is 0 Å². The molecular weight excluding hydrogens is 428 g/mol. The molecule has 0 saturated carbocycles. The second kappa shape index (κ2) is 8.56. The molecule has 0 radical (unpaired) electrons. The Bertz CT molecular complexity index is 1250. The Morgan fingerprint density at radius 1 is 1.12 bits per heavy atom. The number of furan rings is 1. The lowest BCUT2D eigenvalue weighted by Gasteiger charge is -2.34. The lowest BCUT2D eigenvalue weighted by atomic mass is 10.2. The van der Waals surface area contributed by atoms with Crippen molar-refractivity contribution < 1.29 is 13.6 Å². The summed E-state index contributed by atoms with van der Waals surface area (Å²) in [7, 11) is 0. The van der Waals surface area contributed by atoms with Crippen molar-refractivity contribution in [1.29, 1.82) is 5.26 Å². The standard InChI is InChI=1S/C22H18N6O3S/c23-13-16-20(31-19(25-16)17-7-4-12-30-17)27-8-10-28(11-9-27)22(29)26-21-24-14-18(32-21)15-5-2-1-3-6-15/h1-7,12,14H,8-11H2,(H,24,26,29). The molecule has 0 unspecified atom stereocenters. The Kier molecular flexibility index (Phi) is 5.31. The maximum absolute atomic E-state index is 12.7. The molecule has 0 bridgehead atoms. The van der Waals surface area contributed by atoms with Gasteiger partial charge in [-0.3, -0.25) is 5.32 Å². The number of nitrogens with zero attached hydrogens (tertiary/aromatic N) is 5. The van der Waals surface area contributed by atoms with E-state index in [1.807, 2.05) is 35.2 Å². The average molecular weight is 446 g/mol. The smallest absolute Gasteiger partial charge is 0.323 e. The van der Waals surface area contributed by atoms with Gasteiger partial charge in [0.15, 0.2) is 10.9 Å². The molecule has 1 N–H and O–H groups in total. The fourth-order valence-electron chi connectivity index (χ4n) is 3.46. The number of piperazine rings is 1. The molecule has 5 rings (SSSR count). The third-order valence-corrected chi connectivity index (χ3v) is 6.04. The number of aromatic nitrogens is 2. The number of nitrogens with one attached hydrogen (secondary N) is 1. The highest BCUT2D eigenvalue weighted by molar-refractivity contribution is 7.19. The molecule has 1 aliphatic heterocycles. The summed E-state index contributed by atoms with van der Waals surface area (Å²) in [4.78, 5) is 25.9. The molecular formula is C22H18N6O3S. The monoisotopic (exact) mass is 446 g/mol. The normalized spacial score (nSPS) is 13.7. The van der Waals surface area contributed by atoms with Crippen LogP contribution in [-0.2, 0) is 0 Å². The van der Waals surface area contributed by atoms with Gasteiger partial charge in [0.1, 0.15) is 6.07 Å². The number of urea groups is 1. The molecule has 1 saturated heterocycles. The third-order valence-electron chi connectivity index (χ3n) is 5.08. The van der Waals surface area contributed by atoms with Crippen molar-refractivity contribution in [3.05, 3.63) is 60.6 Å². The summed E-state index contributed by atoms with van der Waals surface area (Å²) in [6, 6.07) is 15.2. The zero-order valence-electron chi connectivity index (χ0n) is 16.9. The van der Waals surface area contributed by atoms with Crippen LogP contribution in [0.25, 0.3) is 22.1 Å². The van der Waals surface area contributed by atoms with Crippen molar-refractivity contribution in [2.45, 2.75) is 0 Å². The van der Waals surface area contributed by atoms with E-state index in [9.17, 15) is 10.1 Å². The van der Waals surface area contributed by atoms with E-state index in [2.05, 4.69) is 21.4 Å². The van der Waals surface area contributed by atoms with Gasteiger partial charge in [-0.1, -0.05) is 41.7 Å². The summed E-state index contributed by atoms with van der Waals surface area (Å²) in [5.41, 5.74) is 1.26. The Morgan fingerprint density at radius 2 is 1.94 bits per heavy atom. The largest absolute Gasteiger partial charge is 0.459 e. The van der Waals surface area contributed by atoms with Crippen LogP contribution in [0, 0.1) is 11.3 Å². The summed E-state index contributed by atoms with van der Waals surface area (Å²) in [5.74, 6) is 1.12. The Hall–Kier alpha value is -4.10. The number of oxazole rings is 1. The molecule has 32 heavy (non-hydrogen) atoms. The maximum atomic E-state index is 12.7. The highest BCUT2D eigenvalue weighted by Crippen LogP contribution is 2.30. The molecule has 4 aromatic rings. The van der Waals surface area contributed by atoms with Gasteiger partial charge in [0, 0.05) is 32.4 Å². The molecule has 0 atom stereocenters. The average Bonchev–Trinajstić information content (AvgIpc) is 3.60. The van der Waals surface area contributed by atoms with Gasteiger partial charge in [-0.25, -0.2) is 9.78 Å². The second-order valence-electron chi connectivity index (χ2n) is 7.06. The van der Waals surface area contributed by atoms with Crippen molar-refractivity contribution in [1.82, 2.24) is 14.9 Å². The molecule has 9 nitrogen and oxygen atoms in total. The number of rotatable bonds is 4. The minimum Gasteiger partial charge on any atom is -0.459 e. The van der Waals surface area contributed by atoms with Crippen LogP contribution in [0.1, 0.15) is 5.69 Å². The Morgan fingerprint density at radius 3 is 2.66 bits per heavy atom. The summed E-state index contributed by atoms with van der Waals surface area (Å²) in [6.07, 6.45) is 3.28. The number of hydrogen-bond acceptors (Lipinski definition) is 8. The molecule has 3 aromatic heterocycles. The first-order valence-electron chi connectivity index (χ1n) is 9.98. The molecule has 0 spiro atoms. The fourth-order valence-corrected chi connectivity index (χ4v) is 4.27. The van der Waals surface area contributed by atoms with Crippen LogP contribution < -0.4 is 10.2 Å². The summed E-state index contributed by atoms with van der Waals surface area (Å²) in [6.45, 7) is 1.98. The quantitative estimate of drug-likeness (QED) is 0.498. The van der Waals surface area contributed by atoms with Crippen molar-refractivity contribution in [3.63, 3.8) is 0 Å². The van der Waals surface area contributed by atoms with E-state index in [1.54, 1.807) is 23.2 Å². The van der Waals surface area contributed by atoms with E-state index >= 15 is 0 Å². The molecule has 1 fully saturated rings. The van der Waals surface area contributed by atoms with Crippen molar-refractivity contribution in [3.8, 4) is 28.2 Å². The highest BCUT2D eigenvalue weighted by atomic mass is 32.1. The van der Waals surface area contributed by atoms with Gasteiger partial charge in [-0.05, 0) is 17.7 Å². The van der Waals surface area contributed by atoms with Crippen LogP contribution in [0.5, 0.6) is 0 Å². The molecule has 4 heterocycles. The van der Waals surface area contributed by atoms with E-state index < -0.39 is 0 Å². The number of nitriles is 1. The SMILES string of the molecule is N#Cc1nc(-c2ccco2)oc1N1CCN(C(=O)Nc2ncc(-c3ccccc3)s2)CC1. The minimum atomic E-state index is -0.201. The summed E-state index contributed by atoms with van der Waals surface area (Å²) in [5, 5.41) is 12.9. The first-order chi connectivity index (χ1) is 15.7. The number of hydrogen-bond donors (Lipinski definition) is 1. The Balaban J connectivity index is 1.21. The Labute approximate surface area is 187 Å². The minimum absolute atomic E-state index is 0.200. The lowest BCUT2D eigenvalue weighted by molar-refractivity contribution is 0.207. The van der Waals surface area contributed by atoms with Gasteiger partial charge in [-0.15, -0.1) is 0 Å². The van der Waals surface area contributed by atoms with E-state index in [0.29, 0.717) is 43.0 Å². The summed E-state index contributed by atoms with van der Waals surface area (Å²) < 4.78 is 11.1. The van der Waals surface area contributed by atoms with E-state index in [4.69, 9.17) is 8.83 Å². The first kappa shape index (κ1) is 19.8. The van der Waals surface area contributed by atoms with Crippen molar-refractivity contribution in [2.75, 3.05) is 36.4 Å². The van der Waals surface area contributed by atoms with Crippen LogP contribution in [-0.4, -0.2) is 47.1 Å². The third kappa shape index (κ3) is 3.93. The van der Waals surface area contributed by atoms with Crippen molar-refractivity contribution >= 4 is 28.4 Å². The molecule has 1 aromatic carbocycles. The molecule has 1 aliphatic rings. The topological polar surface area (TPSA) is 111 Å².